The molecule has 0 saturated carbocycles. The van der Waals surface area contributed by atoms with E-state index >= 15 is 0 Å². The number of alkyl halides is 1. The van der Waals surface area contributed by atoms with Crippen molar-refractivity contribution < 1.29 is 14.3 Å². The van der Waals surface area contributed by atoms with Gasteiger partial charge in [0.2, 0.25) is 0 Å². The Labute approximate surface area is 120 Å². The lowest BCUT2D eigenvalue weighted by atomic mass is 9.98. The first-order valence-corrected chi connectivity index (χ1v) is 6.74. The van der Waals surface area contributed by atoms with Gasteiger partial charge in [0.25, 0.3) is 0 Å². The molecular weight excluding hydrogens is 310 g/mol. The second-order valence-corrected chi connectivity index (χ2v) is 4.86. The van der Waals surface area contributed by atoms with Gasteiger partial charge in [0, 0.05) is 0 Å². The average molecular weight is 324 g/mol. The number of rotatable bonds is 5. The maximum atomic E-state index is 11.6. The summed E-state index contributed by atoms with van der Waals surface area (Å²) in [5.41, 5.74) is 1.76. The van der Waals surface area contributed by atoms with Crippen LogP contribution in [-0.4, -0.2) is 18.4 Å². The average Bonchev–Trinajstić information content (AvgIpc) is 2.38. The second kappa shape index (κ2) is 7.05. The third-order valence-corrected chi connectivity index (χ3v) is 3.69. The Bertz CT molecular complexity index is 534. The van der Waals surface area contributed by atoms with Crippen LogP contribution in [0.15, 0.2) is 18.2 Å². The fourth-order valence-electron chi connectivity index (χ4n) is 1.65. The lowest BCUT2D eigenvalue weighted by Crippen LogP contribution is -2.09. The SMILES string of the molecule is CCOC(=O)c1ccc(C(Br)C(C)=O)c(CC#N)c1. The lowest BCUT2D eigenvalue weighted by molar-refractivity contribution is -0.116. The normalized spacial score (nSPS) is 11.5. The summed E-state index contributed by atoms with van der Waals surface area (Å²) in [7, 11) is 0. The molecule has 0 spiro atoms. The van der Waals surface area contributed by atoms with Crippen molar-refractivity contribution in [3.63, 3.8) is 0 Å². The molecule has 0 fully saturated rings. The maximum Gasteiger partial charge on any atom is 0.338 e. The first-order valence-electron chi connectivity index (χ1n) is 5.82. The summed E-state index contributed by atoms with van der Waals surface area (Å²) >= 11 is 3.29. The van der Waals surface area contributed by atoms with Crippen molar-refractivity contribution in [2.24, 2.45) is 0 Å². The van der Waals surface area contributed by atoms with Crippen molar-refractivity contribution in [1.29, 1.82) is 5.26 Å². The van der Waals surface area contributed by atoms with E-state index in [0.29, 0.717) is 23.3 Å². The van der Waals surface area contributed by atoms with Crippen LogP contribution in [0.5, 0.6) is 0 Å². The molecule has 0 heterocycles. The molecule has 4 nitrogen and oxygen atoms in total. The molecule has 0 aliphatic carbocycles. The highest BCUT2D eigenvalue weighted by molar-refractivity contribution is 9.09. The summed E-state index contributed by atoms with van der Waals surface area (Å²) in [4.78, 5) is 22.6. The van der Waals surface area contributed by atoms with Crippen LogP contribution in [0.2, 0.25) is 0 Å². The molecule has 0 saturated heterocycles. The monoisotopic (exact) mass is 323 g/mol. The predicted molar refractivity (Wildman–Crippen MR) is 74.1 cm³/mol. The Kier molecular flexibility index (Phi) is 5.71. The van der Waals surface area contributed by atoms with E-state index in [1.165, 1.54) is 6.92 Å². The van der Waals surface area contributed by atoms with Crippen LogP contribution in [-0.2, 0) is 16.0 Å². The zero-order chi connectivity index (χ0) is 14.4. The van der Waals surface area contributed by atoms with Gasteiger partial charge in [-0.1, -0.05) is 22.0 Å². The van der Waals surface area contributed by atoms with Crippen LogP contribution in [0.4, 0.5) is 0 Å². The van der Waals surface area contributed by atoms with Gasteiger partial charge in [0.1, 0.15) is 5.78 Å². The number of carbonyl (C=O) groups excluding carboxylic acids is 2. The van der Waals surface area contributed by atoms with Gasteiger partial charge in [-0.3, -0.25) is 4.79 Å². The molecule has 0 aromatic heterocycles. The van der Waals surface area contributed by atoms with Gasteiger partial charge in [-0.05, 0) is 37.1 Å². The van der Waals surface area contributed by atoms with Crippen molar-refractivity contribution in [1.82, 2.24) is 0 Å². The Hall–Kier alpha value is -1.67. The van der Waals surface area contributed by atoms with Crippen molar-refractivity contribution in [2.75, 3.05) is 6.61 Å². The number of hydrogen-bond donors (Lipinski definition) is 0. The largest absolute Gasteiger partial charge is 0.462 e. The molecule has 0 aliphatic rings. The fraction of sp³-hybridized carbons (Fsp3) is 0.357. The van der Waals surface area contributed by atoms with E-state index in [2.05, 4.69) is 15.9 Å². The summed E-state index contributed by atoms with van der Waals surface area (Å²) in [6.07, 6.45) is 0.137. The highest BCUT2D eigenvalue weighted by Gasteiger charge is 2.18. The molecule has 5 heteroatoms. The molecule has 1 rings (SSSR count). The number of hydrogen-bond acceptors (Lipinski definition) is 4. The van der Waals surface area contributed by atoms with Crippen molar-refractivity contribution in [3.8, 4) is 6.07 Å². The summed E-state index contributed by atoms with van der Waals surface area (Å²) < 4.78 is 4.91. The smallest absolute Gasteiger partial charge is 0.338 e. The molecule has 0 bridgehead atoms. The predicted octanol–water partition coefficient (Wildman–Crippen LogP) is 2.95. The van der Waals surface area contributed by atoms with Crippen LogP contribution in [0.1, 0.15) is 40.2 Å². The quantitative estimate of drug-likeness (QED) is 0.617. The summed E-state index contributed by atoms with van der Waals surface area (Å²) in [5.74, 6) is -0.481. The van der Waals surface area contributed by atoms with Crippen LogP contribution in [0.3, 0.4) is 0 Å². The van der Waals surface area contributed by atoms with Crippen LogP contribution >= 0.6 is 15.9 Å². The van der Waals surface area contributed by atoms with Gasteiger partial charge in [0.15, 0.2) is 0 Å². The van der Waals surface area contributed by atoms with Gasteiger partial charge < -0.3 is 4.74 Å². The molecule has 0 N–H and O–H groups in total. The number of Topliss-reactive ketones (excluding diaryl/α,β-unsaturated/α-hetero) is 1. The van der Waals surface area contributed by atoms with Crippen molar-refractivity contribution >= 4 is 27.7 Å². The molecule has 1 aromatic carbocycles. The number of esters is 1. The first-order chi connectivity index (χ1) is 9.01. The standard InChI is InChI=1S/C14H14BrNO3/c1-3-19-14(18)11-4-5-12(13(15)9(2)17)10(8-11)6-7-16/h4-5,8,13H,3,6H2,1-2H3. The van der Waals surface area contributed by atoms with Crippen molar-refractivity contribution in [3.05, 3.63) is 34.9 Å². The van der Waals surface area contributed by atoms with Crippen LogP contribution in [0.25, 0.3) is 0 Å². The molecule has 0 aliphatic heterocycles. The number of halogens is 1. The summed E-state index contributed by atoms with van der Waals surface area (Å²) in [6.45, 7) is 3.49. The number of benzene rings is 1. The molecule has 1 unspecified atom stereocenters. The van der Waals surface area contributed by atoms with E-state index in [4.69, 9.17) is 10.00 Å². The highest BCUT2D eigenvalue weighted by atomic mass is 79.9. The fourth-order valence-corrected chi connectivity index (χ4v) is 2.10. The minimum Gasteiger partial charge on any atom is -0.462 e. The van der Waals surface area contributed by atoms with Crippen LogP contribution < -0.4 is 0 Å². The minimum atomic E-state index is -0.466. The van der Waals surface area contributed by atoms with E-state index in [0.717, 1.165) is 0 Å². The molecule has 0 amide bonds. The number of nitrogens with zero attached hydrogens (tertiary/aromatic N) is 1. The molecule has 0 radical (unpaired) electrons. The lowest BCUT2D eigenvalue weighted by Gasteiger charge is -2.12. The van der Waals surface area contributed by atoms with Gasteiger partial charge in [-0.25, -0.2) is 4.79 Å². The Morgan fingerprint density at radius 3 is 2.68 bits per heavy atom. The van der Waals surface area contributed by atoms with Gasteiger partial charge in [-0.15, -0.1) is 0 Å². The topological polar surface area (TPSA) is 67.2 Å². The number of carbonyl (C=O) groups is 2. The van der Waals surface area contributed by atoms with Crippen molar-refractivity contribution in [2.45, 2.75) is 25.1 Å². The number of ketones is 1. The first kappa shape index (κ1) is 15.4. The molecule has 19 heavy (non-hydrogen) atoms. The summed E-state index contributed by atoms with van der Waals surface area (Å²) in [5, 5.41) is 8.83. The molecule has 1 aromatic rings. The number of ether oxygens (including phenoxy) is 1. The van der Waals surface area contributed by atoms with E-state index in [9.17, 15) is 9.59 Å². The van der Waals surface area contributed by atoms with Gasteiger partial charge in [-0.2, -0.15) is 5.26 Å². The molecule has 100 valence electrons. The second-order valence-electron chi connectivity index (χ2n) is 3.94. The maximum absolute atomic E-state index is 11.6. The number of nitriles is 1. The Balaban J connectivity index is 3.18. The van der Waals surface area contributed by atoms with E-state index in [-0.39, 0.29) is 12.2 Å². The van der Waals surface area contributed by atoms with Gasteiger partial charge >= 0.3 is 5.97 Å². The third-order valence-electron chi connectivity index (χ3n) is 2.55. The summed E-state index contributed by atoms with van der Waals surface area (Å²) in [6, 6.07) is 6.92. The third kappa shape index (κ3) is 3.90. The van der Waals surface area contributed by atoms with Gasteiger partial charge in [0.05, 0.1) is 29.5 Å². The Morgan fingerprint density at radius 1 is 1.47 bits per heavy atom. The van der Waals surface area contributed by atoms with E-state index in [1.807, 2.05) is 6.07 Å². The highest BCUT2D eigenvalue weighted by Crippen LogP contribution is 2.28. The minimum absolute atomic E-state index is 0.0527. The molecular formula is C14H14BrNO3. The van der Waals surface area contributed by atoms with E-state index < -0.39 is 10.8 Å². The zero-order valence-electron chi connectivity index (χ0n) is 10.8. The van der Waals surface area contributed by atoms with E-state index in [1.54, 1.807) is 25.1 Å². The molecule has 1 atom stereocenters. The zero-order valence-corrected chi connectivity index (χ0v) is 12.4. The Morgan fingerprint density at radius 2 is 2.16 bits per heavy atom. The van der Waals surface area contributed by atoms with Crippen LogP contribution in [0, 0.1) is 11.3 Å².